The monoisotopic (exact) mass is 2130 g/mol. The second-order valence-corrected chi connectivity index (χ2v) is 28.8. The summed E-state index contributed by atoms with van der Waals surface area (Å²) in [7, 11) is 13.5. The zero-order valence-electron chi connectivity index (χ0n) is 89.8. The maximum Gasteiger partial charge on any atom is 0.350 e. The fraction of sp³-hybridized carbons (Fsp3) is 0.627. The SMILES string of the molecule is CCCNc1nc(N)nc(NCCC)n1.CCCNc1nc(NCCC)[nH]c(=O)n1.CCCNc1nc(NCCC)nc(NCCO)n1.CCCO.CCCO.CCNc1nc(N)nc(NCC)n1.CCNc1nc(NCC)[nH]c(=O)n1.CCNc1nc(NCC)nc(N(CCO)CCO)n1.CNc1nc(N)nc(NC)n1.CNc1nc(NC)[nH]c(=O)n1.CNc1nc(NC)c(Cl)c(=O)[nH]1.CNc1nc(NC)nc(NCCO)n1. The van der Waals surface area contributed by atoms with Crippen LogP contribution in [-0.2, 0) is 0 Å². The van der Waals surface area contributed by atoms with Gasteiger partial charge in [-0.15, -0.1) is 0 Å². The molecule has 0 bridgehead atoms. The first kappa shape index (κ1) is 135. The highest BCUT2D eigenvalue weighted by Crippen LogP contribution is 2.17. The molecule has 10 aromatic heterocycles. The molecule has 0 spiro atoms. The third-order valence-corrected chi connectivity index (χ3v) is 16.3. The van der Waals surface area contributed by atoms with Crippen molar-refractivity contribution in [2.24, 2.45) is 0 Å². The molecule has 10 heterocycles. The first-order chi connectivity index (χ1) is 71.9. The van der Waals surface area contributed by atoms with E-state index in [1.165, 1.54) is 0 Å². The third-order valence-electron chi connectivity index (χ3n) is 16.0. The summed E-state index contributed by atoms with van der Waals surface area (Å²) in [6, 6.07) is 0. The van der Waals surface area contributed by atoms with E-state index in [-0.39, 0.29) is 60.5 Å². The normalized spacial score (nSPS) is 9.70. The number of rotatable bonds is 51. The Morgan fingerprint density at radius 1 is 0.235 bits per heavy atom. The number of nitrogens with two attached hydrogens (primary N) is 3. The van der Waals surface area contributed by atoms with E-state index in [4.69, 9.17) is 59.4 Å². The van der Waals surface area contributed by atoms with Crippen molar-refractivity contribution >= 4 is 166 Å². The lowest BCUT2D eigenvalue weighted by Gasteiger charge is -2.21. The predicted molar refractivity (Wildman–Crippen MR) is 596 cm³/mol. The predicted octanol–water partition coefficient (Wildman–Crippen LogP) is 2.13. The highest BCUT2D eigenvalue weighted by atomic mass is 35.5. The Morgan fingerprint density at radius 2 is 0.463 bits per heavy atom. The Bertz CT molecular complexity index is 5060. The lowest BCUT2D eigenvalue weighted by Crippen LogP contribution is -2.32. The van der Waals surface area contributed by atoms with E-state index in [0.717, 1.165) is 104 Å². The van der Waals surface area contributed by atoms with E-state index < -0.39 is 11.4 Å². The van der Waals surface area contributed by atoms with Crippen molar-refractivity contribution in [3.8, 4) is 0 Å². The molecule has 0 fully saturated rings. The summed E-state index contributed by atoms with van der Waals surface area (Å²) in [6.45, 7) is 39.3. The largest absolute Gasteiger partial charge is 0.396 e. The second-order valence-electron chi connectivity index (χ2n) is 28.4. The molecule has 0 atom stereocenters. The number of halogens is 1. The maximum atomic E-state index is 11.2. The zero-order chi connectivity index (χ0) is 112. The minimum Gasteiger partial charge on any atom is -0.396 e. The summed E-state index contributed by atoms with van der Waals surface area (Å²) < 4.78 is 0. The summed E-state index contributed by atoms with van der Waals surface area (Å²) in [6.07, 6.45) is 7.73. The highest BCUT2D eigenvalue weighted by Gasteiger charge is 2.15. The molecule has 0 saturated carbocycles. The van der Waals surface area contributed by atoms with Crippen LogP contribution < -0.4 is 162 Å². The van der Waals surface area contributed by atoms with Gasteiger partial charge in [-0.2, -0.15) is 125 Å². The number of aliphatic hydroxyl groups excluding tert-OH is 6. The van der Waals surface area contributed by atoms with Gasteiger partial charge in [-0.3, -0.25) is 24.7 Å². The molecule has 0 aromatic carbocycles. The second kappa shape index (κ2) is 87.6. The number of aromatic amines is 4. The van der Waals surface area contributed by atoms with Crippen LogP contribution in [0, 0.1) is 0 Å². The van der Waals surface area contributed by atoms with Crippen molar-refractivity contribution in [3.05, 3.63) is 46.8 Å². The smallest absolute Gasteiger partial charge is 0.350 e. The molecule has 0 aliphatic rings. The molecule has 0 amide bonds. The van der Waals surface area contributed by atoms with Crippen LogP contribution in [0.25, 0.3) is 0 Å². The van der Waals surface area contributed by atoms with Gasteiger partial charge in [0.05, 0.1) is 26.4 Å². The molecular formula is C83H164ClN55O10. The number of nitrogens with zero attached hydrogens (tertiary/aromatic N) is 26. The number of aliphatic hydroxyl groups is 6. The molecule has 10 rings (SSSR count). The van der Waals surface area contributed by atoms with Crippen LogP contribution in [0.1, 0.15) is 148 Å². The van der Waals surface area contributed by atoms with Gasteiger partial charge >= 0.3 is 17.1 Å². The number of nitrogen functional groups attached to an aromatic ring is 3. The molecule has 0 aliphatic heterocycles. The number of hydrogen-bond acceptors (Lipinski definition) is 61. The van der Waals surface area contributed by atoms with E-state index >= 15 is 0 Å². The Morgan fingerprint density at radius 3 is 0.752 bits per heavy atom. The standard InChI is InChI=1S/C11H22N6O2.C11H22N6O.C9H18N6.C9H17N5O.C7H14N6O.C7H14N6.C7H13N5O.C6H9ClN4O.C5H10N6.C5H9N5O.2C3H8O/c1-3-12-9-14-10(13-4-2)16-11(15-9)17(5-7-18)6-8-19;1-3-5-12-9-15-10(13-6-4-2)17-11(16-9)14-7-8-18;1-3-5-11-8-13-7(10)14-9(15-8)12-6-4-2;1-3-5-10-7-12-8(11-6-4-2)14-9(15)13-7;1-8-5-11-6(9-2)13-7(12-5)10-3-4-14;1-3-9-6-11-5(8)12-7(13-6)10-4-2;1-3-8-5-10-6(9-4-2)12-7(13)11-5;1-8-4-3(7)5(12)11-6(9-2)10-4;1-7-4-9-3(6)10-5(8-2)11-4;1-6-3-8-4(7-2)10-5(11)9-3;2*1-2-3-4/h18-19H,3-8H2,1-2H3,(H2,12,13,14,15,16);18H,3-8H2,1-2H3,(H3,12,13,14,15,16,17);3-6H2,1-2H3,(H4,10,11,12,13,14,15);3-6H2,1-2H3,(H3,10,11,12,13,14,15);14H,3-4H2,1-2H3,(H3,8,9,10,11,12,13);3-4H2,1-2H3,(H4,8,9,10,11,12,13);3-4H2,1-2H3,(H3,8,9,10,11,12,13);1-2H3,(H3,8,9,10,11,12);1-2H3,(H4,6,7,8,9,10,11);1-2H3,(H3,6,7,8,9,10,11);2*4H,2-3H2,1H3. The van der Waals surface area contributed by atoms with Crippen LogP contribution in [0.5, 0.6) is 0 Å². The Balaban J connectivity index is 0. The van der Waals surface area contributed by atoms with Crippen molar-refractivity contribution in [1.29, 1.82) is 0 Å². The topological polar surface area (TPSA) is 921 Å². The first-order valence-electron chi connectivity index (χ1n) is 48.7. The van der Waals surface area contributed by atoms with E-state index in [1.54, 1.807) is 61.3 Å². The van der Waals surface area contributed by atoms with Crippen LogP contribution in [-0.4, -0.2) is 376 Å². The molecule has 149 heavy (non-hydrogen) atoms. The Hall–Kier alpha value is -15.8. The molecule has 65 nitrogen and oxygen atoms in total. The highest BCUT2D eigenvalue weighted by molar-refractivity contribution is 6.32. The zero-order valence-corrected chi connectivity index (χ0v) is 90.5. The minimum atomic E-state index is -0.423. The third kappa shape index (κ3) is 64.7. The van der Waals surface area contributed by atoms with E-state index in [1.807, 2.05) is 69.2 Å². The summed E-state index contributed by atoms with van der Waals surface area (Å²) in [5.41, 5.74) is 14.8. The molecule has 66 heteroatoms. The Kier molecular flexibility index (Phi) is 79.5. The number of H-pyrrole nitrogens is 4. The number of nitrogens with one attached hydrogen (secondary N) is 26. The fourth-order valence-electron chi connectivity index (χ4n) is 9.40. The molecule has 0 aliphatic carbocycles. The number of aromatic nitrogens is 29. The van der Waals surface area contributed by atoms with Crippen molar-refractivity contribution in [1.82, 2.24) is 145 Å². The summed E-state index contributed by atoms with van der Waals surface area (Å²) in [5.74, 6) is 11.1. The minimum absolute atomic E-state index is 0.0290. The van der Waals surface area contributed by atoms with Crippen molar-refractivity contribution in [3.63, 3.8) is 0 Å². The van der Waals surface area contributed by atoms with Crippen LogP contribution in [0.4, 0.5) is 155 Å². The molecule has 0 radical (unpaired) electrons. The van der Waals surface area contributed by atoms with Gasteiger partial charge in [-0.25, -0.2) is 14.4 Å². The van der Waals surface area contributed by atoms with E-state index in [9.17, 15) is 19.2 Å². The first-order valence-corrected chi connectivity index (χ1v) is 49.0. The summed E-state index contributed by atoms with van der Waals surface area (Å²) in [4.78, 5) is 156. The van der Waals surface area contributed by atoms with E-state index in [2.05, 4.69) is 289 Å². The van der Waals surface area contributed by atoms with Gasteiger partial charge in [0.1, 0.15) is 5.02 Å². The number of hydrogen-bond donors (Lipinski definition) is 35. The molecule has 10 aromatic rings. The molecular weight excluding hydrogens is 1960 g/mol. The van der Waals surface area contributed by atoms with Crippen LogP contribution >= 0.6 is 11.6 Å². The quantitative estimate of drug-likeness (QED) is 0.0260. The van der Waals surface area contributed by atoms with Crippen molar-refractivity contribution in [2.75, 3.05) is 340 Å². The van der Waals surface area contributed by atoms with Crippen molar-refractivity contribution in [2.45, 2.75) is 148 Å². The van der Waals surface area contributed by atoms with Gasteiger partial charge in [0.25, 0.3) is 5.56 Å². The average Bonchev–Trinajstić information content (AvgIpc) is 0.838. The summed E-state index contributed by atoms with van der Waals surface area (Å²) >= 11 is 5.63. The van der Waals surface area contributed by atoms with Gasteiger partial charge in [-0.1, -0.05) is 67.0 Å². The molecule has 38 N–H and O–H groups in total. The maximum absolute atomic E-state index is 11.2. The van der Waals surface area contributed by atoms with E-state index in [0.29, 0.717) is 202 Å². The van der Waals surface area contributed by atoms with Crippen LogP contribution in [0.2, 0.25) is 5.02 Å². The lowest BCUT2D eigenvalue weighted by atomic mass is 10.5. The van der Waals surface area contributed by atoms with Gasteiger partial charge < -0.3 is 170 Å². The molecule has 0 saturated heterocycles. The number of anilines is 26. The average molecular weight is 2130 g/mol. The van der Waals surface area contributed by atoms with Crippen LogP contribution in [0.15, 0.2) is 19.2 Å². The fourth-order valence-corrected chi connectivity index (χ4v) is 9.58. The van der Waals surface area contributed by atoms with Gasteiger partial charge in [0.2, 0.25) is 149 Å². The van der Waals surface area contributed by atoms with Crippen LogP contribution in [0.3, 0.4) is 0 Å². The summed E-state index contributed by atoms with van der Waals surface area (Å²) in [5, 5.41) is 115. The molecule has 0 unspecified atom stereocenters. The van der Waals surface area contributed by atoms with Gasteiger partial charge in [0, 0.05) is 174 Å². The van der Waals surface area contributed by atoms with Crippen molar-refractivity contribution < 1.29 is 30.6 Å². The molecule has 838 valence electrons. The lowest BCUT2D eigenvalue weighted by molar-refractivity contribution is 0.280. The Labute approximate surface area is 872 Å². The van der Waals surface area contributed by atoms with Gasteiger partial charge in [0.15, 0.2) is 5.82 Å². The van der Waals surface area contributed by atoms with Gasteiger partial charge in [-0.05, 0) is 92.9 Å².